The second kappa shape index (κ2) is 11.9. The number of benzene rings is 3. The highest BCUT2D eigenvalue weighted by atomic mass is 16.5. The van der Waals surface area contributed by atoms with Crippen LogP contribution >= 0.6 is 0 Å². The van der Waals surface area contributed by atoms with E-state index >= 15 is 0 Å². The lowest BCUT2D eigenvalue weighted by Crippen LogP contribution is -2.16. The Bertz CT molecular complexity index is 1130. The Morgan fingerprint density at radius 1 is 0.857 bits per heavy atom. The lowest BCUT2D eigenvalue weighted by molar-refractivity contribution is 0.0697. The molecular formula is C29H35NO5. The zero-order chi connectivity index (χ0) is 25.4. The number of rotatable bonds is 11. The van der Waals surface area contributed by atoms with E-state index in [2.05, 4.69) is 44.3 Å². The minimum absolute atomic E-state index is 0.0816. The molecule has 0 spiro atoms. The number of anilines is 1. The van der Waals surface area contributed by atoms with Gasteiger partial charge in [-0.15, -0.1) is 0 Å². The first-order valence-corrected chi connectivity index (χ1v) is 12.0. The van der Waals surface area contributed by atoms with Gasteiger partial charge in [0.25, 0.3) is 0 Å². The van der Waals surface area contributed by atoms with Gasteiger partial charge in [0.15, 0.2) is 0 Å². The summed E-state index contributed by atoms with van der Waals surface area (Å²) in [7, 11) is 0. The van der Waals surface area contributed by atoms with Crippen LogP contribution in [-0.2, 0) is 5.41 Å². The van der Waals surface area contributed by atoms with Crippen LogP contribution in [0.25, 0.3) is 22.3 Å². The van der Waals surface area contributed by atoms with Crippen LogP contribution in [0.4, 0.5) is 5.69 Å². The molecule has 3 rings (SSSR count). The summed E-state index contributed by atoms with van der Waals surface area (Å²) >= 11 is 0. The topological polar surface area (TPSA) is 99.0 Å². The summed E-state index contributed by atoms with van der Waals surface area (Å²) in [5, 5.41) is 31.1. The van der Waals surface area contributed by atoms with Crippen LogP contribution in [0.15, 0.2) is 60.7 Å². The lowest BCUT2D eigenvalue weighted by atomic mass is 9.83. The number of carboxylic acid groups (broad SMARTS) is 1. The van der Waals surface area contributed by atoms with Gasteiger partial charge in [-0.1, -0.05) is 45.0 Å². The Balaban J connectivity index is 2.04. The molecule has 35 heavy (non-hydrogen) atoms. The third-order valence-electron chi connectivity index (χ3n) is 5.83. The van der Waals surface area contributed by atoms with Crippen LogP contribution in [-0.4, -0.2) is 47.7 Å². The van der Waals surface area contributed by atoms with Crippen LogP contribution < -0.4 is 10.1 Å². The third kappa shape index (κ3) is 6.84. The summed E-state index contributed by atoms with van der Waals surface area (Å²) in [6.45, 7) is 7.62. The third-order valence-corrected chi connectivity index (χ3v) is 5.83. The first-order valence-electron chi connectivity index (χ1n) is 12.0. The van der Waals surface area contributed by atoms with Gasteiger partial charge in [0.2, 0.25) is 0 Å². The first-order chi connectivity index (χ1) is 16.7. The normalized spacial score (nSPS) is 11.3. The smallest absolute Gasteiger partial charge is 0.335 e. The van der Waals surface area contributed by atoms with Gasteiger partial charge in [-0.2, -0.15) is 0 Å². The average Bonchev–Trinajstić information content (AvgIpc) is 2.85. The van der Waals surface area contributed by atoms with Crippen molar-refractivity contribution in [3.05, 3.63) is 71.8 Å². The number of nitrogens with one attached hydrogen (secondary N) is 1. The summed E-state index contributed by atoms with van der Waals surface area (Å²) < 4.78 is 5.86. The minimum Gasteiger partial charge on any atom is -0.491 e. The molecule has 0 aliphatic carbocycles. The van der Waals surface area contributed by atoms with Crippen molar-refractivity contribution in [3.63, 3.8) is 0 Å². The number of aliphatic hydroxyl groups excluding tert-OH is 2. The second-order valence-electron chi connectivity index (χ2n) is 9.53. The molecule has 0 saturated heterocycles. The van der Waals surface area contributed by atoms with E-state index in [4.69, 9.17) is 9.84 Å². The van der Waals surface area contributed by atoms with Gasteiger partial charge in [-0.05, 0) is 76.9 Å². The SMILES string of the molecule is CC(C)(C)c1cc(-c2cc(-c3ccc(C(=O)O)cc3)ccc2OCCO)ccc1NCCCCO. The molecule has 6 heteroatoms. The van der Waals surface area contributed by atoms with Crippen molar-refractivity contribution < 1.29 is 24.9 Å². The Hall–Kier alpha value is -3.35. The molecule has 186 valence electrons. The summed E-state index contributed by atoms with van der Waals surface area (Å²) in [4.78, 5) is 11.2. The maximum atomic E-state index is 11.2. The molecule has 4 N–H and O–H groups in total. The molecule has 0 amide bonds. The number of carbonyl (C=O) groups is 1. The van der Waals surface area contributed by atoms with Gasteiger partial charge in [-0.25, -0.2) is 4.79 Å². The highest BCUT2D eigenvalue weighted by Gasteiger charge is 2.20. The van der Waals surface area contributed by atoms with Gasteiger partial charge >= 0.3 is 5.97 Å². The van der Waals surface area contributed by atoms with Crippen molar-refractivity contribution >= 4 is 11.7 Å². The maximum absolute atomic E-state index is 11.2. The van der Waals surface area contributed by atoms with Crippen molar-refractivity contribution in [1.29, 1.82) is 0 Å². The summed E-state index contributed by atoms with van der Waals surface area (Å²) in [6, 6.07) is 19.0. The molecule has 0 aliphatic heterocycles. The molecule has 6 nitrogen and oxygen atoms in total. The Morgan fingerprint density at radius 3 is 2.17 bits per heavy atom. The number of hydrogen-bond donors (Lipinski definition) is 4. The molecule has 3 aromatic carbocycles. The molecule has 0 aliphatic rings. The summed E-state index contributed by atoms with van der Waals surface area (Å²) in [5.41, 5.74) is 6.11. The summed E-state index contributed by atoms with van der Waals surface area (Å²) in [5.74, 6) is -0.279. The standard InChI is InChI=1S/C29H35NO5/c1-29(2,3)25-19-23(10-12-26(25)30-14-4-5-15-31)24-18-22(11-13-27(24)35-17-16-32)20-6-8-21(9-7-20)28(33)34/h6-13,18-19,30-32H,4-5,14-17H2,1-3H3,(H,33,34). The zero-order valence-corrected chi connectivity index (χ0v) is 20.7. The van der Waals surface area contributed by atoms with Gasteiger partial charge in [0.05, 0.1) is 12.2 Å². The second-order valence-corrected chi connectivity index (χ2v) is 9.53. The molecule has 0 unspecified atom stereocenters. The predicted octanol–water partition coefficient (Wildman–Crippen LogP) is 5.57. The first kappa shape index (κ1) is 26.3. The lowest BCUT2D eigenvalue weighted by Gasteiger charge is -2.25. The van der Waals surface area contributed by atoms with Crippen molar-refractivity contribution in [2.45, 2.75) is 39.0 Å². The molecule has 0 radical (unpaired) electrons. The highest BCUT2D eigenvalue weighted by Crippen LogP contribution is 2.39. The number of carboxylic acids is 1. The molecule has 0 atom stereocenters. The van der Waals surface area contributed by atoms with Crippen molar-refractivity contribution in [2.75, 3.05) is 31.7 Å². The number of aliphatic hydroxyl groups is 2. The Morgan fingerprint density at radius 2 is 1.54 bits per heavy atom. The number of ether oxygens (including phenoxy) is 1. The predicted molar refractivity (Wildman–Crippen MR) is 140 cm³/mol. The Labute approximate surface area is 207 Å². The van der Waals surface area contributed by atoms with Gasteiger partial charge in [0, 0.05) is 24.4 Å². The average molecular weight is 478 g/mol. The van der Waals surface area contributed by atoms with Crippen molar-refractivity contribution in [3.8, 4) is 28.0 Å². The van der Waals surface area contributed by atoms with Crippen molar-refractivity contribution in [2.24, 2.45) is 0 Å². The quantitative estimate of drug-likeness (QED) is 0.270. The molecular weight excluding hydrogens is 442 g/mol. The van der Waals surface area contributed by atoms with E-state index in [0.29, 0.717) is 5.75 Å². The van der Waals surface area contributed by atoms with E-state index in [9.17, 15) is 15.0 Å². The number of unbranched alkanes of at least 4 members (excludes halogenated alkanes) is 1. The summed E-state index contributed by atoms with van der Waals surface area (Å²) in [6.07, 6.45) is 1.66. The maximum Gasteiger partial charge on any atom is 0.335 e. The Kier molecular flexibility index (Phi) is 8.90. The fraction of sp³-hybridized carbons (Fsp3) is 0.345. The fourth-order valence-corrected chi connectivity index (χ4v) is 3.97. The number of hydrogen-bond acceptors (Lipinski definition) is 5. The van der Waals surface area contributed by atoms with E-state index in [-0.39, 0.29) is 30.8 Å². The molecule has 0 aromatic heterocycles. The van der Waals surface area contributed by atoms with E-state index < -0.39 is 5.97 Å². The number of aromatic carboxylic acids is 1. The van der Waals surface area contributed by atoms with Crippen LogP contribution in [0.5, 0.6) is 5.75 Å². The fourth-order valence-electron chi connectivity index (χ4n) is 3.97. The van der Waals surface area contributed by atoms with E-state index in [1.165, 1.54) is 5.56 Å². The minimum atomic E-state index is -0.954. The van der Waals surface area contributed by atoms with E-state index in [1.807, 2.05) is 18.2 Å². The van der Waals surface area contributed by atoms with Crippen molar-refractivity contribution in [1.82, 2.24) is 0 Å². The molecule has 0 heterocycles. The monoisotopic (exact) mass is 477 g/mol. The van der Waals surface area contributed by atoms with Crippen LogP contribution in [0.3, 0.4) is 0 Å². The van der Waals surface area contributed by atoms with Crippen LogP contribution in [0.1, 0.15) is 49.5 Å². The van der Waals surface area contributed by atoms with E-state index in [1.54, 1.807) is 24.3 Å². The van der Waals surface area contributed by atoms with Gasteiger partial charge in [0.1, 0.15) is 12.4 Å². The van der Waals surface area contributed by atoms with E-state index in [0.717, 1.165) is 47.3 Å². The van der Waals surface area contributed by atoms with Crippen LogP contribution in [0.2, 0.25) is 0 Å². The largest absolute Gasteiger partial charge is 0.491 e. The van der Waals surface area contributed by atoms with Gasteiger partial charge in [-0.3, -0.25) is 0 Å². The molecule has 0 fully saturated rings. The molecule has 0 bridgehead atoms. The highest BCUT2D eigenvalue weighted by molar-refractivity contribution is 5.88. The van der Waals surface area contributed by atoms with Crippen LogP contribution in [0, 0.1) is 0 Å². The molecule has 0 saturated carbocycles. The van der Waals surface area contributed by atoms with Gasteiger partial charge < -0.3 is 25.4 Å². The zero-order valence-electron chi connectivity index (χ0n) is 20.7. The molecule has 3 aromatic rings.